The van der Waals surface area contributed by atoms with E-state index < -0.39 is 29.8 Å². The number of nitrogens with zero attached hydrogens (tertiary/aromatic N) is 1. The van der Waals surface area contributed by atoms with Gasteiger partial charge in [-0.3, -0.25) is 0 Å². The fourth-order valence-electron chi connectivity index (χ4n) is 3.02. The molecule has 24 heavy (non-hydrogen) atoms. The van der Waals surface area contributed by atoms with Gasteiger partial charge in [0.2, 0.25) is 0 Å². The molecule has 2 unspecified atom stereocenters. The molecule has 1 amide bonds. The second-order valence-corrected chi connectivity index (χ2v) is 7.76. The number of carbonyl (C=O) groups excluding carboxylic acids is 1. The molecule has 0 saturated heterocycles. The van der Waals surface area contributed by atoms with Crippen molar-refractivity contribution in [2.75, 3.05) is 13.1 Å². The summed E-state index contributed by atoms with van der Waals surface area (Å²) in [7, 11) is 0. The van der Waals surface area contributed by atoms with E-state index in [9.17, 15) is 18.0 Å². The van der Waals surface area contributed by atoms with E-state index in [0.29, 0.717) is 25.9 Å². The number of rotatable bonds is 5. The van der Waals surface area contributed by atoms with Gasteiger partial charge in [-0.05, 0) is 47.5 Å². The number of nitrogens with one attached hydrogen (secondary N) is 1. The van der Waals surface area contributed by atoms with Crippen molar-refractivity contribution in [2.45, 2.75) is 84.2 Å². The van der Waals surface area contributed by atoms with Crippen LogP contribution in [0.25, 0.3) is 0 Å². The average molecular weight is 352 g/mol. The van der Waals surface area contributed by atoms with E-state index in [4.69, 9.17) is 4.74 Å². The van der Waals surface area contributed by atoms with Crippen molar-refractivity contribution in [1.29, 1.82) is 0 Å². The molecule has 0 spiro atoms. The first kappa shape index (κ1) is 21.1. The lowest BCUT2D eigenvalue weighted by Gasteiger charge is -2.35. The van der Waals surface area contributed by atoms with E-state index in [0.717, 1.165) is 6.42 Å². The van der Waals surface area contributed by atoms with Crippen molar-refractivity contribution in [1.82, 2.24) is 10.2 Å². The Morgan fingerprint density at radius 3 is 2.29 bits per heavy atom. The normalized spacial score (nSPS) is 22.5. The molecule has 0 aliphatic heterocycles. The van der Waals surface area contributed by atoms with Gasteiger partial charge in [-0.25, -0.2) is 4.79 Å². The van der Waals surface area contributed by atoms with Crippen LogP contribution in [-0.4, -0.2) is 47.9 Å². The Labute approximate surface area is 143 Å². The van der Waals surface area contributed by atoms with Crippen LogP contribution in [0.2, 0.25) is 0 Å². The molecule has 1 aliphatic carbocycles. The zero-order valence-corrected chi connectivity index (χ0v) is 15.4. The second kappa shape index (κ2) is 8.41. The van der Waals surface area contributed by atoms with Gasteiger partial charge >= 0.3 is 12.3 Å². The Morgan fingerprint density at radius 2 is 1.79 bits per heavy atom. The molecular formula is C17H31F3N2O2. The molecule has 7 heteroatoms. The first-order valence-electron chi connectivity index (χ1n) is 8.71. The lowest BCUT2D eigenvalue weighted by atomic mass is 9.84. The number of ether oxygens (including phenoxy) is 1. The third-order valence-electron chi connectivity index (χ3n) is 4.20. The predicted molar refractivity (Wildman–Crippen MR) is 87.9 cm³/mol. The highest BCUT2D eigenvalue weighted by molar-refractivity contribution is 5.68. The monoisotopic (exact) mass is 352 g/mol. The number of halogens is 3. The standard InChI is InChI=1S/C17H31F3N2O2/c1-12(2)22(15(23)24-16(3,4)5)11-10-21-14-9-7-6-8-13(14)17(18,19)20/h12-14,21H,6-11H2,1-5H3. The molecule has 0 aromatic rings. The Balaban J connectivity index is 2.56. The van der Waals surface area contributed by atoms with Gasteiger partial charge in [-0.2, -0.15) is 13.2 Å². The number of amides is 1. The highest BCUT2D eigenvalue weighted by Crippen LogP contribution is 2.37. The van der Waals surface area contributed by atoms with Crippen LogP contribution in [-0.2, 0) is 4.74 Å². The Hall–Kier alpha value is -0.980. The maximum Gasteiger partial charge on any atom is 0.410 e. The number of alkyl halides is 3. The van der Waals surface area contributed by atoms with Crippen molar-refractivity contribution in [3.05, 3.63) is 0 Å². The zero-order valence-electron chi connectivity index (χ0n) is 15.4. The van der Waals surface area contributed by atoms with Crippen LogP contribution in [0, 0.1) is 5.92 Å². The number of carbonyl (C=O) groups is 1. The molecule has 2 atom stereocenters. The molecule has 0 radical (unpaired) electrons. The Morgan fingerprint density at radius 1 is 1.21 bits per heavy atom. The Bertz CT molecular complexity index is 406. The van der Waals surface area contributed by atoms with Gasteiger partial charge in [0.15, 0.2) is 0 Å². The average Bonchev–Trinajstić information content (AvgIpc) is 2.40. The van der Waals surface area contributed by atoms with E-state index >= 15 is 0 Å². The second-order valence-electron chi connectivity index (χ2n) is 7.76. The van der Waals surface area contributed by atoms with Gasteiger partial charge in [0.1, 0.15) is 5.60 Å². The predicted octanol–water partition coefficient (Wildman–Crippen LogP) is 4.34. The van der Waals surface area contributed by atoms with Crippen LogP contribution >= 0.6 is 0 Å². The summed E-state index contributed by atoms with van der Waals surface area (Å²) in [5.41, 5.74) is -0.595. The molecule has 4 nitrogen and oxygen atoms in total. The first-order chi connectivity index (χ1) is 10.9. The van der Waals surface area contributed by atoms with Crippen molar-refractivity contribution >= 4 is 6.09 Å². The maximum absolute atomic E-state index is 13.1. The topological polar surface area (TPSA) is 41.6 Å². The lowest BCUT2D eigenvalue weighted by molar-refractivity contribution is -0.188. The van der Waals surface area contributed by atoms with Crippen LogP contribution < -0.4 is 5.32 Å². The largest absolute Gasteiger partial charge is 0.444 e. The van der Waals surface area contributed by atoms with Gasteiger partial charge in [0.05, 0.1) is 5.92 Å². The highest BCUT2D eigenvalue weighted by Gasteiger charge is 2.45. The zero-order chi connectivity index (χ0) is 18.5. The van der Waals surface area contributed by atoms with E-state index in [1.165, 1.54) is 0 Å². The minimum atomic E-state index is -4.17. The Kier molecular flexibility index (Phi) is 7.38. The molecule has 142 valence electrons. The van der Waals surface area contributed by atoms with Crippen molar-refractivity contribution in [3.63, 3.8) is 0 Å². The number of hydrogen-bond donors (Lipinski definition) is 1. The van der Waals surface area contributed by atoms with Crippen molar-refractivity contribution < 1.29 is 22.7 Å². The molecule has 1 saturated carbocycles. The summed E-state index contributed by atoms with van der Waals surface area (Å²) in [6, 6.07) is -0.641. The molecule has 0 heterocycles. The van der Waals surface area contributed by atoms with Gasteiger partial charge in [0, 0.05) is 25.2 Å². The number of hydrogen-bond acceptors (Lipinski definition) is 3. The summed E-state index contributed by atoms with van der Waals surface area (Å²) in [6.07, 6.45) is -2.46. The smallest absolute Gasteiger partial charge is 0.410 e. The third kappa shape index (κ3) is 6.87. The van der Waals surface area contributed by atoms with E-state index in [2.05, 4.69) is 5.32 Å². The van der Waals surface area contributed by atoms with Crippen LogP contribution in [0.3, 0.4) is 0 Å². The molecule has 1 rings (SSSR count). The maximum atomic E-state index is 13.1. The lowest BCUT2D eigenvalue weighted by Crippen LogP contribution is -2.49. The molecule has 0 bridgehead atoms. The summed E-state index contributed by atoms with van der Waals surface area (Å²) in [5.74, 6) is -1.29. The van der Waals surface area contributed by atoms with Crippen molar-refractivity contribution in [2.24, 2.45) is 5.92 Å². The summed E-state index contributed by atoms with van der Waals surface area (Å²) in [6.45, 7) is 9.75. The molecule has 1 N–H and O–H groups in total. The van der Waals surface area contributed by atoms with E-state index in [1.54, 1.807) is 25.7 Å². The van der Waals surface area contributed by atoms with E-state index in [1.807, 2.05) is 13.8 Å². The fourth-order valence-corrected chi connectivity index (χ4v) is 3.02. The van der Waals surface area contributed by atoms with Crippen LogP contribution in [0.15, 0.2) is 0 Å². The minimum Gasteiger partial charge on any atom is -0.444 e. The van der Waals surface area contributed by atoms with Gasteiger partial charge < -0.3 is 15.0 Å². The van der Waals surface area contributed by atoms with Crippen molar-refractivity contribution in [3.8, 4) is 0 Å². The van der Waals surface area contributed by atoms with Crippen LogP contribution in [0.5, 0.6) is 0 Å². The fraction of sp³-hybridized carbons (Fsp3) is 0.941. The quantitative estimate of drug-likeness (QED) is 0.800. The molecular weight excluding hydrogens is 321 g/mol. The summed E-state index contributed by atoms with van der Waals surface area (Å²) < 4.78 is 44.6. The van der Waals surface area contributed by atoms with Crippen LogP contribution in [0.4, 0.5) is 18.0 Å². The van der Waals surface area contributed by atoms with Gasteiger partial charge in [0.25, 0.3) is 0 Å². The third-order valence-corrected chi connectivity index (χ3v) is 4.20. The van der Waals surface area contributed by atoms with Crippen LogP contribution in [0.1, 0.15) is 60.3 Å². The first-order valence-corrected chi connectivity index (χ1v) is 8.71. The molecule has 1 aliphatic rings. The summed E-state index contributed by atoms with van der Waals surface area (Å²) in [4.78, 5) is 13.7. The van der Waals surface area contributed by atoms with Gasteiger partial charge in [-0.1, -0.05) is 12.8 Å². The molecule has 0 aromatic heterocycles. The molecule has 1 fully saturated rings. The minimum absolute atomic E-state index is 0.0774. The van der Waals surface area contributed by atoms with E-state index in [-0.39, 0.29) is 12.5 Å². The summed E-state index contributed by atoms with van der Waals surface area (Å²) >= 11 is 0. The summed E-state index contributed by atoms with van der Waals surface area (Å²) in [5, 5.41) is 3.01. The van der Waals surface area contributed by atoms with Gasteiger partial charge in [-0.15, -0.1) is 0 Å². The SMILES string of the molecule is CC(C)N(CCNC1CCCCC1C(F)(F)F)C(=O)OC(C)(C)C. The highest BCUT2D eigenvalue weighted by atomic mass is 19.4. The molecule has 0 aromatic carbocycles.